The van der Waals surface area contributed by atoms with Crippen LogP contribution in [0.25, 0.3) is 11.2 Å². The van der Waals surface area contributed by atoms with Crippen molar-refractivity contribution in [1.82, 2.24) is 24.4 Å². The Hall–Kier alpha value is -2.56. The first-order chi connectivity index (χ1) is 18.1. The van der Waals surface area contributed by atoms with Crippen molar-refractivity contribution in [2.75, 3.05) is 30.3 Å². The molecule has 2 saturated carbocycles. The lowest BCUT2D eigenvalue weighted by Gasteiger charge is -2.32. The minimum absolute atomic E-state index is 0.218. The highest BCUT2D eigenvalue weighted by Gasteiger charge is 2.26. The average Bonchev–Trinajstić information content (AvgIpc) is 3.68. The Labute approximate surface area is 222 Å². The highest BCUT2D eigenvalue weighted by Crippen LogP contribution is 2.34. The quantitative estimate of drug-likeness (QED) is 0.372. The van der Waals surface area contributed by atoms with Gasteiger partial charge in [-0.2, -0.15) is 9.97 Å². The smallest absolute Gasteiger partial charge is 0.227 e. The summed E-state index contributed by atoms with van der Waals surface area (Å²) < 4.78 is 2.27. The van der Waals surface area contributed by atoms with Crippen LogP contribution in [0.5, 0.6) is 0 Å². The average molecular weight is 523 g/mol. The Bertz CT molecular complexity index is 1190. The molecule has 0 atom stereocenters. The number of nitrogens with one attached hydrogen (secondary N) is 2. The maximum Gasteiger partial charge on any atom is 0.227 e. The Morgan fingerprint density at radius 1 is 1.00 bits per heavy atom. The number of aromatic nitrogens is 4. The molecule has 1 saturated heterocycles. The number of nitrogens with zero attached hydrogens (tertiary/aromatic N) is 5. The van der Waals surface area contributed by atoms with Gasteiger partial charge < -0.3 is 20.9 Å². The van der Waals surface area contributed by atoms with E-state index >= 15 is 0 Å². The molecule has 0 spiro atoms. The van der Waals surface area contributed by atoms with Crippen LogP contribution in [0.3, 0.4) is 0 Å². The summed E-state index contributed by atoms with van der Waals surface area (Å²) in [6, 6.07) is 5.29. The molecule has 0 amide bonds. The van der Waals surface area contributed by atoms with Gasteiger partial charge in [-0.25, -0.2) is 4.98 Å². The molecular weight excluding hydrogens is 484 g/mol. The fourth-order valence-corrected chi connectivity index (χ4v) is 6.78. The van der Waals surface area contributed by atoms with Gasteiger partial charge in [0.05, 0.1) is 17.7 Å². The van der Waals surface area contributed by atoms with Gasteiger partial charge in [0.1, 0.15) is 0 Å². The molecule has 198 valence electrons. The van der Waals surface area contributed by atoms with Crippen molar-refractivity contribution in [3.8, 4) is 0 Å². The van der Waals surface area contributed by atoms with Gasteiger partial charge in [-0.1, -0.05) is 18.9 Å². The molecule has 4 N–H and O–H groups in total. The SMILES string of the molecule is NC1CCC(Nc2nc(NC3CCN(CC(=O)c4cccs4)CC3)c3ncn(C4CCCC4)c3n2)CC1. The Morgan fingerprint density at radius 3 is 2.49 bits per heavy atom. The molecule has 0 aromatic carbocycles. The van der Waals surface area contributed by atoms with E-state index in [0.29, 0.717) is 36.7 Å². The lowest BCUT2D eigenvalue weighted by molar-refractivity contribution is 0.0916. The molecule has 2 aliphatic carbocycles. The maximum absolute atomic E-state index is 12.5. The third-order valence-corrected chi connectivity index (χ3v) is 9.25. The summed E-state index contributed by atoms with van der Waals surface area (Å²) in [6.45, 7) is 2.29. The van der Waals surface area contributed by atoms with E-state index in [1.807, 2.05) is 23.8 Å². The van der Waals surface area contributed by atoms with Crippen LogP contribution >= 0.6 is 11.3 Å². The van der Waals surface area contributed by atoms with Crippen molar-refractivity contribution in [3.05, 3.63) is 28.7 Å². The van der Waals surface area contributed by atoms with Crippen LogP contribution in [0.1, 0.15) is 79.9 Å². The van der Waals surface area contributed by atoms with Gasteiger partial charge in [0.15, 0.2) is 22.8 Å². The van der Waals surface area contributed by atoms with Crippen LogP contribution in [0.2, 0.25) is 0 Å². The molecular formula is C27H38N8OS. The third-order valence-electron chi connectivity index (χ3n) is 8.34. The standard InChI is InChI=1S/C27H38N8OS/c28-18-7-9-19(10-8-18)31-27-32-25(24-26(33-27)35(17-29-24)21-4-1-2-5-21)30-20-11-13-34(14-12-20)16-22(36)23-6-3-15-37-23/h3,6,15,17-21H,1-2,4-5,7-14,16,28H2,(H2,30,31,32,33). The fourth-order valence-electron chi connectivity index (χ4n) is 6.12. The number of likely N-dealkylation sites (tertiary alicyclic amines) is 1. The summed E-state index contributed by atoms with van der Waals surface area (Å²) >= 11 is 1.52. The molecule has 10 heteroatoms. The van der Waals surface area contributed by atoms with E-state index in [-0.39, 0.29) is 5.78 Å². The van der Waals surface area contributed by atoms with Crippen LogP contribution in [0.4, 0.5) is 11.8 Å². The number of Topliss-reactive ketones (excluding diaryl/α,β-unsaturated/α-hetero) is 1. The molecule has 0 bridgehead atoms. The molecule has 3 aromatic rings. The zero-order chi connectivity index (χ0) is 25.2. The van der Waals surface area contributed by atoms with Gasteiger partial charge in [-0.15, -0.1) is 11.3 Å². The van der Waals surface area contributed by atoms with Gasteiger partial charge >= 0.3 is 0 Å². The lowest BCUT2D eigenvalue weighted by Crippen LogP contribution is -2.41. The van der Waals surface area contributed by atoms with E-state index < -0.39 is 0 Å². The highest BCUT2D eigenvalue weighted by molar-refractivity contribution is 7.12. The van der Waals surface area contributed by atoms with E-state index in [1.165, 1.54) is 37.0 Å². The first kappa shape index (κ1) is 24.8. The van der Waals surface area contributed by atoms with E-state index in [0.717, 1.165) is 73.5 Å². The summed E-state index contributed by atoms with van der Waals surface area (Å²) in [5.74, 6) is 1.73. The number of nitrogens with two attached hydrogens (primary N) is 1. The number of thiophene rings is 1. The van der Waals surface area contributed by atoms with Gasteiger partial charge in [0.2, 0.25) is 5.95 Å². The number of fused-ring (bicyclic) bond motifs is 1. The summed E-state index contributed by atoms with van der Waals surface area (Å²) in [7, 11) is 0. The Balaban J connectivity index is 1.17. The van der Waals surface area contributed by atoms with Crippen molar-refractivity contribution < 1.29 is 4.79 Å². The predicted octanol–water partition coefficient (Wildman–Crippen LogP) is 4.44. The molecule has 3 aromatic heterocycles. The molecule has 4 heterocycles. The van der Waals surface area contributed by atoms with Gasteiger partial charge in [0, 0.05) is 37.3 Å². The monoisotopic (exact) mass is 522 g/mol. The molecule has 6 rings (SSSR count). The molecule has 9 nitrogen and oxygen atoms in total. The van der Waals surface area contributed by atoms with Crippen LogP contribution in [-0.2, 0) is 0 Å². The van der Waals surface area contributed by atoms with Gasteiger partial charge in [0.25, 0.3) is 0 Å². The second-order valence-corrected chi connectivity index (χ2v) is 12.0. The van der Waals surface area contributed by atoms with E-state index in [2.05, 4.69) is 20.1 Å². The molecule has 1 aliphatic heterocycles. The molecule has 0 radical (unpaired) electrons. The number of piperidine rings is 1. The van der Waals surface area contributed by atoms with Crippen LogP contribution in [-0.4, -0.2) is 68.0 Å². The number of hydrogen-bond acceptors (Lipinski definition) is 9. The van der Waals surface area contributed by atoms with Crippen molar-refractivity contribution in [1.29, 1.82) is 0 Å². The predicted molar refractivity (Wildman–Crippen MR) is 148 cm³/mol. The van der Waals surface area contributed by atoms with Crippen LogP contribution < -0.4 is 16.4 Å². The molecule has 3 aliphatic rings. The van der Waals surface area contributed by atoms with Gasteiger partial charge in [-0.05, 0) is 62.8 Å². The fraction of sp³-hybridized carbons (Fsp3) is 0.630. The normalized spacial score (nSPS) is 24.0. The Morgan fingerprint density at radius 2 is 1.76 bits per heavy atom. The second kappa shape index (κ2) is 11.0. The van der Waals surface area contributed by atoms with Crippen LogP contribution in [0.15, 0.2) is 23.8 Å². The van der Waals surface area contributed by atoms with Crippen molar-refractivity contribution in [2.45, 2.75) is 88.4 Å². The highest BCUT2D eigenvalue weighted by atomic mass is 32.1. The number of carbonyl (C=O) groups excluding carboxylic acids is 1. The number of imidazole rings is 1. The maximum atomic E-state index is 12.5. The van der Waals surface area contributed by atoms with Crippen molar-refractivity contribution >= 4 is 40.1 Å². The van der Waals surface area contributed by atoms with Crippen molar-refractivity contribution in [3.63, 3.8) is 0 Å². The third kappa shape index (κ3) is 5.66. The second-order valence-electron chi connectivity index (χ2n) is 11.0. The first-order valence-corrected chi connectivity index (χ1v) is 14.8. The number of hydrogen-bond donors (Lipinski definition) is 3. The zero-order valence-corrected chi connectivity index (χ0v) is 22.3. The number of carbonyl (C=O) groups is 1. The molecule has 0 unspecified atom stereocenters. The van der Waals surface area contributed by atoms with E-state index in [4.69, 9.17) is 20.7 Å². The van der Waals surface area contributed by atoms with Crippen LogP contribution in [0, 0.1) is 0 Å². The van der Waals surface area contributed by atoms with E-state index in [1.54, 1.807) is 0 Å². The van der Waals surface area contributed by atoms with E-state index in [9.17, 15) is 4.79 Å². The lowest BCUT2D eigenvalue weighted by atomic mass is 9.92. The summed E-state index contributed by atoms with van der Waals surface area (Å²) in [5, 5.41) is 9.30. The minimum atomic E-state index is 0.218. The number of rotatable bonds is 8. The first-order valence-electron chi connectivity index (χ1n) is 13.9. The molecule has 37 heavy (non-hydrogen) atoms. The largest absolute Gasteiger partial charge is 0.365 e. The van der Waals surface area contributed by atoms with Crippen molar-refractivity contribution in [2.24, 2.45) is 5.73 Å². The minimum Gasteiger partial charge on any atom is -0.365 e. The summed E-state index contributed by atoms with van der Waals surface area (Å²) in [5.41, 5.74) is 7.92. The summed E-state index contributed by atoms with van der Waals surface area (Å²) in [6.07, 6.45) is 13.0. The Kier molecular flexibility index (Phi) is 7.39. The zero-order valence-electron chi connectivity index (χ0n) is 21.4. The van der Waals surface area contributed by atoms with Gasteiger partial charge in [-0.3, -0.25) is 9.69 Å². The molecule has 3 fully saturated rings. The summed E-state index contributed by atoms with van der Waals surface area (Å²) in [4.78, 5) is 30.4. The number of anilines is 2. The number of ketones is 1. The topological polar surface area (TPSA) is 114 Å².